The van der Waals surface area contributed by atoms with Crippen molar-refractivity contribution < 1.29 is 9.53 Å². The second kappa shape index (κ2) is 6.72. The maximum Gasteiger partial charge on any atom is 0.232 e. The molecule has 21 heavy (non-hydrogen) atoms. The number of carbonyl (C=O) groups is 1. The number of ether oxygens (including phenoxy) is 1. The highest BCUT2D eigenvalue weighted by Gasteiger charge is 2.15. The van der Waals surface area contributed by atoms with Gasteiger partial charge in [-0.15, -0.1) is 11.3 Å². The lowest BCUT2D eigenvalue weighted by Gasteiger charge is -2.14. The zero-order valence-corrected chi connectivity index (χ0v) is 13.7. The van der Waals surface area contributed by atoms with Crippen LogP contribution in [0.1, 0.15) is 23.1 Å². The van der Waals surface area contributed by atoms with Crippen molar-refractivity contribution in [3.8, 4) is 5.75 Å². The molecule has 0 bridgehead atoms. The number of aromatic nitrogens is 1. The van der Waals surface area contributed by atoms with Gasteiger partial charge in [-0.2, -0.15) is 0 Å². The van der Waals surface area contributed by atoms with Gasteiger partial charge in [-0.25, -0.2) is 4.98 Å². The second-order valence-corrected chi connectivity index (χ2v) is 6.03. The van der Waals surface area contributed by atoms with Crippen LogP contribution in [0.4, 0.5) is 5.13 Å². The summed E-state index contributed by atoms with van der Waals surface area (Å²) in [5.41, 5.74) is 1.95. The van der Waals surface area contributed by atoms with Crippen molar-refractivity contribution in [2.45, 2.75) is 27.2 Å². The summed E-state index contributed by atoms with van der Waals surface area (Å²) >= 11 is 1.54. The molecule has 0 fully saturated rings. The Kier molecular flexibility index (Phi) is 4.96. The molecule has 0 atom stereocenters. The number of thiazole rings is 1. The van der Waals surface area contributed by atoms with Gasteiger partial charge in [0.05, 0.1) is 18.7 Å². The summed E-state index contributed by atoms with van der Waals surface area (Å²) in [6.45, 7) is 6.57. The largest absolute Gasteiger partial charge is 0.494 e. The predicted octanol–water partition coefficient (Wildman–Crippen LogP) is 3.36. The van der Waals surface area contributed by atoms with Crippen molar-refractivity contribution in [1.29, 1.82) is 0 Å². The Bertz CT molecular complexity index is 600. The number of hydrogen-bond donors (Lipinski definition) is 0. The van der Waals surface area contributed by atoms with E-state index in [-0.39, 0.29) is 5.91 Å². The third kappa shape index (κ3) is 3.82. The minimum Gasteiger partial charge on any atom is -0.494 e. The van der Waals surface area contributed by atoms with E-state index in [2.05, 4.69) is 4.98 Å². The fraction of sp³-hybridized carbons (Fsp3) is 0.375. The van der Waals surface area contributed by atoms with Gasteiger partial charge in [-0.3, -0.25) is 9.69 Å². The molecule has 0 N–H and O–H groups in total. The summed E-state index contributed by atoms with van der Waals surface area (Å²) in [5, 5.41) is 0.751. The van der Waals surface area contributed by atoms with Crippen LogP contribution in [0.2, 0.25) is 0 Å². The number of rotatable bonds is 5. The zero-order valence-electron chi connectivity index (χ0n) is 12.8. The summed E-state index contributed by atoms with van der Waals surface area (Å²) in [6.07, 6.45) is 0.362. The highest BCUT2D eigenvalue weighted by atomic mass is 32.1. The topological polar surface area (TPSA) is 42.4 Å². The van der Waals surface area contributed by atoms with Gasteiger partial charge in [0.15, 0.2) is 5.13 Å². The van der Waals surface area contributed by atoms with Gasteiger partial charge < -0.3 is 4.74 Å². The van der Waals surface area contributed by atoms with E-state index in [1.54, 1.807) is 23.3 Å². The molecular weight excluding hydrogens is 284 g/mol. The van der Waals surface area contributed by atoms with Crippen molar-refractivity contribution in [3.05, 3.63) is 40.4 Å². The van der Waals surface area contributed by atoms with E-state index in [0.717, 1.165) is 27.0 Å². The summed E-state index contributed by atoms with van der Waals surface area (Å²) < 4.78 is 5.39. The maximum absolute atomic E-state index is 12.3. The lowest BCUT2D eigenvalue weighted by molar-refractivity contribution is -0.117. The Hall–Kier alpha value is -1.88. The monoisotopic (exact) mass is 304 g/mol. The highest BCUT2D eigenvalue weighted by Crippen LogP contribution is 2.24. The van der Waals surface area contributed by atoms with Crippen molar-refractivity contribution in [2.24, 2.45) is 0 Å². The first-order chi connectivity index (χ1) is 10.0. The van der Waals surface area contributed by atoms with Crippen LogP contribution in [-0.4, -0.2) is 24.5 Å². The standard InChI is InChI=1S/C16H20N2O2S/c1-5-20-14-8-6-13(7-9-14)10-15(19)18(4)16-17-11(2)12(3)21-16/h6-9H,5,10H2,1-4H3. The van der Waals surface area contributed by atoms with E-state index in [4.69, 9.17) is 4.74 Å². The highest BCUT2D eigenvalue weighted by molar-refractivity contribution is 7.15. The molecular formula is C16H20N2O2S. The Labute approximate surface area is 129 Å². The molecule has 4 nitrogen and oxygen atoms in total. The lowest BCUT2D eigenvalue weighted by Crippen LogP contribution is -2.27. The number of benzene rings is 1. The summed E-state index contributed by atoms with van der Waals surface area (Å²) in [7, 11) is 1.77. The number of hydrogen-bond acceptors (Lipinski definition) is 4. The summed E-state index contributed by atoms with van der Waals surface area (Å²) in [6, 6.07) is 7.64. The van der Waals surface area contributed by atoms with Crippen LogP contribution in [0.5, 0.6) is 5.75 Å². The molecule has 0 aliphatic rings. The number of amides is 1. The first-order valence-corrected chi connectivity index (χ1v) is 7.75. The van der Waals surface area contributed by atoms with Crippen molar-refractivity contribution >= 4 is 22.4 Å². The van der Waals surface area contributed by atoms with E-state index in [9.17, 15) is 4.79 Å². The third-order valence-electron chi connectivity index (χ3n) is 3.27. The normalized spacial score (nSPS) is 10.5. The van der Waals surface area contributed by atoms with Gasteiger partial charge in [-0.05, 0) is 38.5 Å². The van der Waals surface area contributed by atoms with E-state index in [0.29, 0.717) is 13.0 Å². The van der Waals surface area contributed by atoms with Crippen molar-refractivity contribution in [2.75, 3.05) is 18.6 Å². The van der Waals surface area contributed by atoms with Crippen LogP contribution < -0.4 is 9.64 Å². The minimum atomic E-state index is 0.0351. The van der Waals surface area contributed by atoms with Crippen LogP contribution in [0.3, 0.4) is 0 Å². The molecule has 2 aromatic rings. The number of carbonyl (C=O) groups excluding carboxylic acids is 1. The molecule has 0 saturated heterocycles. The average Bonchev–Trinajstić information content (AvgIpc) is 2.80. The fourth-order valence-corrected chi connectivity index (χ4v) is 2.76. The first kappa shape index (κ1) is 15.5. The van der Waals surface area contributed by atoms with Crippen LogP contribution >= 0.6 is 11.3 Å². The Morgan fingerprint density at radius 3 is 2.48 bits per heavy atom. The Morgan fingerprint density at radius 2 is 1.95 bits per heavy atom. The van der Waals surface area contributed by atoms with Crippen molar-refractivity contribution in [3.63, 3.8) is 0 Å². The SMILES string of the molecule is CCOc1ccc(CC(=O)N(C)c2nc(C)c(C)s2)cc1. The molecule has 1 heterocycles. The van der Waals surface area contributed by atoms with E-state index in [1.807, 2.05) is 45.0 Å². The van der Waals surface area contributed by atoms with E-state index >= 15 is 0 Å². The molecule has 2 rings (SSSR count). The molecule has 112 valence electrons. The van der Waals surface area contributed by atoms with Gasteiger partial charge in [0.25, 0.3) is 0 Å². The first-order valence-electron chi connectivity index (χ1n) is 6.93. The number of nitrogens with zero attached hydrogens (tertiary/aromatic N) is 2. The summed E-state index contributed by atoms with van der Waals surface area (Å²) in [4.78, 5) is 19.5. The fourth-order valence-electron chi connectivity index (χ4n) is 1.87. The van der Waals surface area contributed by atoms with Crippen LogP contribution in [0.15, 0.2) is 24.3 Å². The molecule has 5 heteroatoms. The van der Waals surface area contributed by atoms with Crippen LogP contribution in [0.25, 0.3) is 0 Å². The predicted molar refractivity (Wildman–Crippen MR) is 86.3 cm³/mol. The minimum absolute atomic E-state index is 0.0351. The van der Waals surface area contributed by atoms with Gasteiger partial charge in [0.2, 0.25) is 5.91 Å². The second-order valence-electron chi connectivity index (χ2n) is 4.84. The Balaban J connectivity index is 2.03. The van der Waals surface area contributed by atoms with Gasteiger partial charge in [-0.1, -0.05) is 12.1 Å². The Morgan fingerprint density at radius 1 is 1.29 bits per heavy atom. The lowest BCUT2D eigenvalue weighted by atomic mass is 10.1. The molecule has 0 spiro atoms. The molecule has 1 aromatic carbocycles. The number of likely N-dealkylation sites (N-methyl/N-ethyl adjacent to an activating group) is 1. The van der Waals surface area contributed by atoms with E-state index in [1.165, 1.54) is 0 Å². The molecule has 1 aromatic heterocycles. The molecule has 0 aliphatic carbocycles. The van der Waals surface area contributed by atoms with Gasteiger partial charge in [0.1, 0.15) is 5.75 Å². The molecule has 0 saturated carbocycles. The molecule has 0 radical (unpaired) electrons. The van der Waals surface area contributed by atoms with E-state index < -0.39 is 0 Å². The average molecular weight is 304 g/mol. The zero-order chi connectivity index (χ0) is 15.4. The molecule has 0 aliphatic heterocycles. The third-order valence-corrected chi connectivity index (χ3v) is 4.42. The molecule has 0 unspecified atom stereocenters. The number of anilines is 1. The van der Waals surface area contributed by atoms with Crippen LogP contribution in [0, 0.1) is 13.8 Å². The smallest absolute Gasteiger partial charge is 0.232 e. The summed E-state index contributed by atoms with van der Waals surface area (Å²) in [5.74, 6) is 0.862. The number of aryl methyl sites for hydroxylation is 2. The quantitative estimate of drug-likeness (QED) is 0.850. The molecule has 1 amide bonds. The van der Waals surface area contributed by atoms with Crippen LogP contribution in [-0.2, 0) is 11.2 Å². The van der Waals surface area contributed by atoms with Crippen molar-refractivity contribution in [1.82, 2.24) is 4.98 Å². The van der Waals surface area contributed by atoms with Gasteiger partial charge >= 0.3 is 0 Å². The maximum atomic E-state index is 12.3. The van der Waals surface area contributed by atoms with Gasteiger partial charge in [0, 0.05) is 11.9 Å².